The van der Waals surface area contributed by atoms with Crippen molar-refractivity contribution in [3.8, 4) is 5.75 Å². The number of carbonyl (C=O) groups excluding carboxylic acids is 2. The Kier molecular flexibility index (Phi) is 6.69. The van der Waals surface area contributed by atoms with Gasteiger partial charge in [-0.15, -0.1) is 0 Å². The number of hydrazine groups is 1. The van der Waals surface area contributed by atoms with E-state index in [2.05, 4.69) is 20.7 Å². The molecular formula is C22H28N4O3. The third-order valence-electron chi connectivity index (χ3n) is 5.21. The summed E-state index contributed by atoms with van der Waals surface area (Å²) >= 11 is 0. The summed E-state index contributed by atoms with van der Waals surface area (Å²) < 4.78 is 5.76. The highest BCUT2D eigenvalue weighted by Crippen LogP contribution is 2.22. The van der Waals surface area contributed by atoms with Gasteiger partial charge in [-0.1, -0.05) is 12.1 Å². The molecule has 1 saturated heterocycles. The van der Waals surface area contributed by atoms with Gasteiger partial charge in [0, 0.05) is 19.3 Å². The van der Waals surface area contributed by atoms with Gasteiger partial charge in [0.25, 0.3) is 11.8 Å². The van der Waals surface area contributed by atoms with E-state index >= 15 is 0 Å². The average molecular weight is 396 g/mol. The topological polar surface area (TPSA) is 83.6 Å². The van der Waals surface area contributed by atoms with E-state index in [1.807, 2.05) is 32.0 Å². The van der Waals surface area contributed by atoms with Crippen LogP contribution in [0.25, 0.3) is 0 Å². The van der Waals surface area contributed by atoms with Gasteiger partial charge in [-0.3, -0.25) is 20.4 Å². The van der Waals surface area contributed by atoms with Crippen molar-refractivity contribution in [1.82, 2.24) is 15.8 Å². The predicted octanol–water partition coefficient (Wildman–Crippen LogP) is 2.92. The summed E-state index contributed by atoms with van der Waals surface area (Å²) in [5, 5.41) is 0. The Labute approximate surface area is 171 Å². The van der Waals surface area contributed by atoms with Crippen LogP contribution in [0, 0.1) is 13.8 Å². The molecule has 1 fully saturated rings. The fourth-order valence-corrected chi connectivity index (χ4v) is 3.32. The first-order valence-corrected chi connectivity index (χ1v) is 10.0. The number of anilines is 1. The molecule has 0 bridgehead atoms. The Balaban J connectivity index is 1.60. The number of pyridine rings is 1. The molecular weight excluding hydrogens is 368 g/mol. The number of benzene rings is 1. The molecule has 0 saturated carbocycles. The van der Waals surface area contributed by atoms with Crippen LogP contribution in [0.2, 0.25) is 0 Å². The van der Waals surface area contributed by atoms with Crippen LogP contribution in [0.4, 0.5) is 5.82 Å². The number of rotatable bonds is 5. The first-order chi connectivity index (χ1) is 14.0. The molecule has 1 unspecified atom stereocenters. The Morgan fingerprint density at radius 2 is 1.83 bits per heavy atom. The molecule has 1 aliphatic heterocycles. The van der Waals surface area contributed by atoms with Crippen molar-refractivity contribution in [3.05, 3.63) is 53.2 Å². The number of carbonyl (C=O) groups is 2. The number of ether oxygens (including phenoxy) is 1. The Hall–Kier alpha value is -3.09. The maximum atomic E-state index is 12.7. The normalized spacial score (nSPS) is 14.8. The first kappa shape index (κ1) is 20.6. The van der Waals surface area contributed by atoms with Crippen LogP contribution in [0.5, 0.6) is 5.75 Å². The standard InChI is InChI=1S/C22H28N4O3/c1-15-9-7-11-19(16(15)2)29-17(3)21(27)24-25-22(28)18-10-8-12-23-20(18)26-13-5-4-6-14-26/h7-12,17H,4-6,13-14H2,1-3H3,(H,24,27)(H,25,28). The fraction of sp³-hybridized carbons (Fsp3) is 0.409. The number of nitrogens with zero attached hydrogens (tertiary/aromatic N) is 2. The summed E-state index contributed by atoms with van der Waals surface area (Å²) in [5.41, 5.74) is 7.46. The lowest BCUT2D eigenvalue weighted by molar-refractivity contribution is -0.128. The van der Waals surface area contributed by atoms with Crippen LogP contribution in [0.1, 0.15) is 47.7 Å². The van der Waals surface area contributed by atoms with Gasteiger partial charge in [0.2, 0.25) is 0 Å². The molecule has 0 aliphatic carbocycles. The zero-order chi connectivity index (χ0) is 20.8. The second kappa shape index (κ2) is 9.41. The molecule has 2 aromatic rings. The minimum absolute atomic E-state index is 0.397. The lowest BCUT2D eigenvalue weighted by Gasteiger charge is -2.29. The van der Waals surface area contributed by atoms with E-state index in [0.717, 1.165) is 37.1 Å². The molecule has 1 aromatic carbocycles. The predicted molar refractivity (Wildman–Crippen MR) is 112 cm³/mol. The molecule has 2 N–H and O–H groups in total. The number of aryl methyl sites for hydroxylation is 1. The number of piperidine rings is 1. The van der Waals surface area contributed by atoms with Crippen LogP contribution in [-0.2, 0) is 4.79 Å². The number of amides is 2. The second-order valence-electron chi connectivity index (χ2n) is 7.32. The molecule has 3 rings (SSSR count). The van der Waals surface area contributed by atoms with Crippen molar-refractivity contribution in [2.24, 2.45) is 0 Å². The summed E-state index contributed by atoms with van der Waals surface area (Å²) in [6, 6.07) is 9.13. The van der Waals surface area contributed by atoms with Crippen molar-refractivity contribution in [1.29, 1.82) is 0 Å². The molecule has 1 atom stereocenters. The van der Waals surface area contributed by atoms with Crippen molar-refractivity contribution in [2.75, 3.05) is 18.0 Å². The van der Waals surface area contributed by atoms with Gasteiger partial charge in [0.1, 0.15) is 11.6 Å². The lowest BCUT2D eigenvalue weighted by atomic mass is 10.1. The molecule has 0 spiro atoms. The molecule has 1 aromatic heterocycles. The highest BCUT2D eigenvalue weighted by atomic mass is 16.5. The van der Waals surface area contributed by atoms with E-state index in [1.165, 1.54) is 6.42 Å². The Bertz CT molecular complexity index is 878. The Morgan fingerprint density at radius 1 is 1.07 bits per heavy atom. The van der Waals surface area contributed by atoms with Crippen LogP contribution in [0.15, 0.2) is 36.5 Å². The average Bonchev–Trinajstić information content (AvgIpc) is 2.75. The summed E-state index contributed by atoms with van der Waals surface area (Å²) in [5.74, 6) is 0.478. The fourth-order valence-electron chi connectivity index (χ4n) is 3.32. The SMILES string of the molecule is Cc1cccc(OC(C)C(=O)NNC(=O)c2cccnc2N2CCCCC2)c1C. The lowest BCUT2D eigenvalue weighted by Crippen LogP contribution is -2.47. The summed E-state index contributed by atoms with van der Waals surface area (Å²) in [7, 11) is 0. The molecule has 1 aliphatic rings. The largest absolute Gasteiger partial charge is 0.481 e. The highest BCUT2D eigenvalue weighted by molar-refractivity contribution is 5.99. The maximum Gasteiger partial charge on any atom is 0.279 e. The number of nitrogens with one attached hydrogen (secondary N) is 2. The number of hydrogen-bond donors (Lipinski definition) is 2. The molecule has 29 heavy (non-hydrogen) atoms. The zero-order valence-corrected chi connectivity index (χ0v) is 17.2. The number of aromatic nitrogens is 1. The summed E-state index contributed by atoms with van der Waals surface area (Å²) in [4.78, 5) is 31.6. The molecule has 2 heterocycles. The molecule has 7 nitrogen and oxygen atoms in total. The van der Waals surface area contributed by atoms with Gasteiger partial charge >= 0.3 is 0 Å². The quantitative estimate of drug-likeness (QED) is 0.760. The van der Waals surface area contributed by atoms with E-state index < -0.39 is 17.9 Å². The van der Waals surface area contributed by atoms with Crippen LogP contribution < -0.4 is 20.5 Å². The smallest absolute Gasteiger partial charge is 0.279 e. The zero-order valence-electron chi connectivity index (χ0n) is 17.2. The minimum Gasteiger partial charge on any atom is -0.481 e. The molecule has 2 amide bonds. The Morgan fingerprint density at radius 3 is 2.59 bits per heavy atom. The van der Waals surface area contributed by atoms with E-state index in [9.17, 15) is 9.59 Å². The van der Waals surface area contributed by atoms with E-state index in [0.29, 0.717) is 17.1 Å². The third kappa shape index (κ3) is 5.04. The van der Waals surface area contributed by atoms with Gasteiger partial charge in [0.05, 0.1) is 5.56 Å². The van der Waals surface area contributed by atoms with E-state index in [-0.39, 0.29) is 0 Å². The van der Waals surface area contributed by atoms with Crippen LogP contribution in [0.3, 0.4) is 0 Å². The van der Waals surface area contributed by atoms with Crippen LogP contribution >= 0.6 is 0 Å². The van der Waals surface area contributed by atoms with Gasteiger partial charge in [-0.05, 0) is 69.4 Å². The summed E-state index contributed by atoms with van der Waals surface area (Å²) in [6.07, 6.45) is 4.29. The summed E-state index contributed by atoms with van der Waals surface area (Å²) in [6.45, 7) is 7.34. The second-order valence-corrected chi connectivity index (χ2v) is 7.32. The van der Waals surface area contributed by atoms with Gasteiger partial charge in [-0.2, -0.15) is 0 Å². The third-order valence-corrected chi connectivity index (χ3v) is 5.21. The van der Waals surface area contributed by atoms with E-state index in [4.69, 9.17) is 4.74 Å². The van der Waals surface area contributed by atoms with Gasteiger partial charge < -0.3 is 9.64 Å². The highest BCUT2D eigenvalue weighted by Gasteiger charge is 2.21. The molecule has 7 heteroatoms. The number of hydrogen-bond acceptors (Lipinski definition) is 5. The molecule has 154 valence electrons. The maximum absolute atomic E-state index is 12.7. The van der Waals surface area contributed by atoms with E-state index in [1.54, 1.807) is 25.3 Å². The minimum atomic E-state index is -0.758. The van der Waals surface area contributed by atoms with Crippen molar-refractivity contribution < 1.29 is 14.3 Å². The monoisotopic (exact) mass is 396 g/mol. The van der Waals surface area contributed by atoms with Gasteiger partial charge in [0.15, 0.2) is 6.10 Å². The van der Waals surface area contributed by atoms with Crippen molar-refractivity contribution in [2.45, 2.75) is 46.1 Å². The van der Waals surface area contributed by atoms with Crippen molar-refractivity contribution >= 4 is 17.6 Å². The van der Waals surface area contributed by atoms with Crippen molar-refractivity contribution in [3.63, 3.8) is 0 Å². The first-order valence-electron chi connectivity index (χ1n) is 10.0. The van der Waals surface area contributed by atoms with Gasteiger partial charge in [-0.25, -0.2) is 4.98 Å². The van der Waals surface area contributed by atoms with Crippen LogP contribution in [-0.4, -0.2) is 36.0 Å². The molecule has 0 radical (unpaired) electrons.